The van der Waals surface area contributed by atoms with Crippen molar-refractivity contribution in [2.24, 2.45) is 0 Å². The molecule has 0 spiro atoms. The van der Waals surface area contributed by atoms with Gasteiger partial charge in [0, 0.05) is 30.5 Å². The predicted octanol–water partition coefficient (Wildman–Crippen LogP) is 3.83. The van der Waals surface area contributed by atoms with Crippen LogP contribution in [-0.4, -0.2) is 24.5 Å². The van der Waals surface area contributed by atoms with Crippen molar-refractivity contribution in [1.82, 2.24) is 4.98 Å². The number of pyridine rings is 1. The van der Waals surface area contributed by atoms with E-state index in [1.54, 1.807) is 42.5 Å². The zero-order valence-corrected chi connectivity index (χ0v) is 12.9. The molecule has 21 heavy (non-hydrogen) atoms. The summed E-state index contributed by atoms with van der Waals surface area (Å²) in [5.41, 5.74) is 2.09. The topological polar surface area (TPSA) is 45.2 Å². The summed E-state index contributed by atoms with van der Waals surface area (Å²) in [7, 11) is 1.73. The summed E-state index contributed by atoms with van der Waals surface area (Å²) in [6.45, 7) is 2.88. The summed E-state index contributed by atoms with van der Waals surface area (Å²) in [5, 5.41) is 3.80. The van der Waals surface area contributed by atoms with Gasteiger partial charge >= 0.3 is 0 Å². The fraction of sp³-hybridized carbons (Fsp3) is 0.250. The smallest absolute Gasteiger partial charge is 0.260 e. The van der Waals surface area contributed by atoms with Crippen LogP contribution in [0.3, 0.4) is 0 Å². The Kier molecular flexibility index (Phi) is 5.17. The second-order valence-corrected chi connectivity index (χ2v) is 5.13. The highest BCUT2D eigenvalue weighted by atomic mass is 35.5. The average molecular weight is 304 g/mol. The fourth-order valence-electron chi connectivity index (χ4n) is 1.96. The van der Waals surface area contributed by atoms with Crippen LogP contribution >= 0.6 is 11.6 Å². The lowest BCUT2D eigenvalue weighted by Gasteiger charge is -2.19. The van der Waals surface area contributed by atoms with E-state index in [9.17, 15) is 4.79 Å². The van der Waals surface area contributed by atoms with Crippen LogP contribution in [0.15, 0.2) is 42.7 Å². The summed E-state index contributed by atoms with van der Waals surface area (Å²) in [4.78, 5) is 18.3. The number of amides is 1. The molecule has 4 nitrogen and oxygen atoms in total. The van der Waals surface area contributed by atoms with Crippen molar-refractivity contribution in [2.75, 3.05) is 23.8 Å². The van der Waals surface area contributed by atoms with Crippen LogP contribution in [-0.2, 0) is 0 Å². The second kappa shape index (κ2) is 7.09. The minimum Gasteiger partial charge on any atom is -0.384 e. The van der Waals surface area contributed by atoms with Crippen molar-refractivity contribution in [1.29, 1.82) is 0 Å². The van der Waals surface area contributed by atoms with Crippen LogP contribution in [0.2, 0.25) is 5.02 Å². The Morgan fingerprint density at radius 3 is 2.86 bits per heavy atom. The summed E-state index contributed by atoms with van der Waals surface area (Å²) in [6.07, 6.45) is 4.31. The molecule has 0 atom stereocenters. The Balaban J connectivity index is 2.31. The van der Waals surface area contributed by atoms with Crippen LogP contribution in [0.4, 0.5) is 11.4 Å². The monoisotopic (exact) mass is 303 g/mol. The van der Waals surface area contributed by atoms with E-state index in [4.69, 9.17) is 11.6 Å². The van der Waals surface area contributed by atoms with E-state index < -0.39 is 0 Å². The lowest BCUT2D eigenvalue weighted by Crippen LogP contribution is -2.27. The molecule has 110 valence electrons. The summed E-state index contributed by atoms with van der Waals surface area (Å²) in [6, 6.07) is 8.94. The van der Waals surface area contributed by atoms with Crippen LogP contribution in [0.25, 0.3) is 0 Å². The van der Waals surface area contributed by atoms with Gasteiger partial charge in [-0.25, -0.2) is 0 Å². The van der Waals surface area contributed by atoms with E-state index in [0.717, 1.165) is 24.3 Å². The number of benzene rings is 1. The van der Waals surface area contributed by atoms with Gasteiger partial charge in [0.25, 0.3) is 5.91 Å². The number of aromatic nitrogens is 1. The van der Waals surface area contributed by atoms with Crippen molar-refractivity contribution >= 4 is 28.9 Å². The summed E-state index contributed by atoms with van der Waals surface area (Å²) in [5.74, 6) is -0.121. The van der Waals surface area contributed by atoms with Gasteiger partial charge < -0.3 is 10.2 Å². The maximum absolute atomic E-state index is 12.7. The first-order valence-corrected chi connectivity index (χ1v) is 7.22. The minimum absolute atomic E-state index is 0.121. The Bertz CT molecular complexity index is 616. The van der Waals surface area contributed by atoms with Gasteiger partial charge in [-0.1, -0.05) is 18.5 Å². The van der Waals surface area contributed by atoms with Crippen LogP contribution in [0, 0.1) is 0 Å². The fourth-order valence-corrected chi connectivity index (χ4v) is 2.13. The Morgan fingerprint density at radius 1 is 1.38 bits per heavy atom. The number of nitrogens with one attached hydrogen (secondary N) is 1. The van der Waals surface area contributed by atoms with Gasteiger partial charge in [0.15, 0.2) is 0 Å². The van der Waals surface area contributed by atoms with E-state index in [2.05, 4.69) is 17.2 Å². The Labute approximate surface area is 129 Å². The summed E-state index contributed by atoms with van der Waals surface area (Å²) < 4.78 is 0. The molecule has 2 rings (SSSR count). The van der Waals surface area contributed by atoms with E-state index >= 15 is 0 Å². The van der Waals surface area contributed by atoms with Gasteiger partial charge in [0.05, 0.1) is 17.4 Å². The van der Waals surface area contributed by atoms with Crippen LogP contribution < -0.4 is 10.2 Å². The SMILES string of the molecule is CCCNc1ccc(Cl)cc1C(=O)N(C)c1cccnc1. The molecule has 0 unspecified atom stereocenters. The highest BCUT2D eigenvalue weighted by Crippen LogP contribution is 2.24. The summed E-state index contributed by atoms with van der Waals surface area (Å²) >= 11 is 6.03. The molecular formula is C16H18ClN3O. The van der Waals surface area contributed by atoms with Gasteiger partial charge in [0.2, 0.25) is 0 Å². The first kappa shape index (κ1) is 15.3. The van der Waals surface area contributed by atoms with E-state index in [1.165, 1.54) is 0 Å². The molecule has 0 radical (unpaired) electrons. The van der Waals surface area contributed by atoms with Gasteiger partial charge in [-0.2, -0.15) is 0 Å². The van der Waals surface area contributed by atoms with Crippen molar-refractivity contribution in [2.45, 2.75) is 13.3 Å². The van der Waals surface area contributed by atoms with E-state index in [0.29, 0.717) is 10.6 Å². The maximum atomic E-state index is 12.7. The van der Waals surface area contributed by atoms with E-state index in [1.807, 2.05) is 12.1 Å². The van der Waals surface area contributed by atoms with Gasteiger partial charge in [-0.05, 0) is 36.8 Å². The molecule has 0 saturated heterocycles. The zero-order chi connectivity index (χ0) is 15.2. The maximum Gasteiger partial charge on any atom is 0.260 e. The molecule has 1 amide bonds. The molecular weight excluding hydrogens is 286 g/mol. The molecule has 0 aliphatic heterocycles. The quantitative estimate of drug-likeness (QED) is 0.913. The lowest BCUT2D eigenvalue weighted by atomic mass is 10.1. The molecule has 0 aliphatic carbocycles. The largest absolute Gasteiger partial charge is 0.384 e. The number of halogens is 1. The number of nitrogens with zero attached hydrogens (tertiary/aromatic N) is 2. The van der Waals surface area contributed by atoms with Crippen molar-refractivity contribution in [3.63, 3.8) is 0 Å². The minimum atomic E-state index is -0.121. The molecule has 1 aromatic carbocycles. The predicted molar refractivity (Wildman–Crippen MR) is 87.2 cm³/mol. The van der Waals surface area contributed by atoms with Crippen LogP contribution in [0.5, 0.6) is 0 Å². The Morgan fingerprint density at radius 2 is 2.19 bits per heavy atom. The first-order chi connectivity index (χ1) is 10.1. The van der Waals surface area contributed by atoms with Crippen molar-refractivity contribution < 1.29 is 4.79 Å². The molecule has 2 aromatic rings. The molecule has 5 heteroatoms. The zero-order valence-electron chi connectivity index (χ0n) is 12.1. The molecule has 1 heterocycles. The van der Waals surface area contributed by atoms with Crippen molar-refractivity contribution in [3.8, 4) is 0 Å². The second-order valence-electron chi connectivity index (χ2n) is 4.69. The number of hydrogen-bond donors (Lipinski definition) is 1. The van der Waals surface area contributed by atoms with Gasteiger partial charge in [0.1, 0.15) is 0 Å². The normalized spacial score (nSPS) is 10.2. The molecule has 1 N–H and O–H groups in total. The number of carbonyl (C=O) groups excluding carboxylic acids is 1. The highest BCUT2D eigenvalue weighted by Gasteiger charge is 2.17. The number of rotatable bonds is 5. The number of carbonyl (C=O) groups is 1. The highest BCUT2D eigenvalue weighted by molar-refractivity contribution is 6.31. The third-order valence-electron chi connectivity index (χ3n) is 3.12. The molecule has 0 bridgehead atoms. The standard InChI is InChI=1S/C16H18ClN3O/c1-3-8-19-15-7-6-12(17)10-14(15)16(21)20(2)13-5-4-9-18-11-13/h4-7,9-11,19H,3,8H2,1-2H3. The average Bonchev–Trinajstić information content (AvgIpc) is 2.53. The lowest BCUT2D eigenvalue weighted by molar-refractivity contribution is 0.0993. The molecule has 1 aromatic heterocycles. The number of anilines is 2. The molecule has 0 fully saturated rings. The van der Waals surface area contributed by atoms with Crippen LogP contribution in [0.1, 0.15) is 23.7 Å². The van der Waals surface area contributed by atoms with E-state index in [-0.39, 0.29) is 5.91 Å². The Hall–Kier alpha value is -2.07. The first-order valence-electron chi connectivity index (χ1n) is 6.85. The molecule has 0 aliphatic rings. The molecule has 0 saturated carbocycles. The third kappa shape index (κ3) is 3.73. The third-order valence-corrected chi connectivity index (χ3v) is 3.35. The van der Waals surface area contributed by atoms with Gasteiger partial charge in [-0.3, -0.25) is 9.78 Å². The van der Waals surface area contributed by atoms with Crippen molar-refractivity contribution in [3.05, 3.63) is 53.3 Å². The van der Waals surface area contributed by atoms with Gasteiger partial charge in [-0.15, -0.1) is 0 Å². The number of hydrogen-bond acceptors (Lipinski definition) is 3.